The van der Waals surface area contributed by atoms with Crippen LogP contribution in [0.25, 0.3) is 0 Å². The fourth-order valence-corrected chi connectivity index (χ4v) is 1.48. The summed E-state index contributed by atoms with van der Waals surface area (Å²) in [5, 5.41) is 21.3. The molecular formula is C10H14BNO3. The highest BCUT2D eigenvalue weighted by Gasteiger charge is 2.17. The molecule has 4 nitrogen and oxygen atoms in total. The van der Waals surface area contributed by atoms with Crippen LogP contribution in [-0.2, 0) is 11.3 Å². The van der Waals surface area contributed by atoms with E-state index in [-0.39, 0.29) is 0 Å². The normalized spacial score (nSPS) is 16.1. The minimum absolute atomic E-state index is 0.438. The van der Waals surface area contributed by atoms with Crippen LogP contribution >= 0.6 is 0 Å². The summed E-state index contributed by atoms with van der Waals surface area (Å²) in [6, 6.07) is 7.70. The highest BCUT2D eigenvalue weighted by atomic mass is 16.5. The molecule has 1 aliphatic heterocycles. The number of hydrogen-bond donors (Lipinski definition) is 3. The van der Waals surface area contributed by atoms with Gasteiger partial charge in [-0.1, -0.05) is 24.3 Å². The van der Waals surface area contributed by atoms with Crippen molar-refractivity contribution >= 4 is 12.6 Å². The first kappa shape index (κ1) is 10.6. The van der Waals surface area contributed by atoms with Gasteiger partial charge in [-0.15, -0.1) is 0 Å². The molecular weight excluding hydrogens is 193 g/mol. The third-order valence-corrected chi connectivity index (χ3v) is 2.48. The van der Waals surface area contributed by atoms with Crippen molar-refractivity contribution in [1.82, 2.24) is 5.32 Å². The van der Waals surface area contributed by atoms with Crippen LogP contribution in [-0.4, -0.2) is 36.4 Å². The first-order chi connectivity index (χ1) is 7.25. The number of rotatable bonds is 4. The molecule has 2 rings (SSSR count). The van der Waals surface area contributed by atoms with E-state index < -0.39 is 7.12 Å². The van der Waals surface area contributed by atoms with Crippen molar-refractivity contribution in [3.8, 4) is 0 Å². The summed E-state index contributed by atoms with van der Waals surface area (Å²) < 4.78 is 5.04. The lowest BCUT2D eigenvalue weighted by Gasteiger charge is -2.27. The average molecular weight is 207 g/mol. The third kappa shape index (κ3) is 2.79. The SMILES string of the molecule is OB(O)c1cccc(CNC2COC2)c1. The van der Waals surface area contributed by atoms with E-state index in [2.05, 4.69) is 5.32 Å². The zero-order valence-corrected chi connectivity index (χ0v) is 8.39. The summed E-state index contributed by atoms with van der Waals surface area (Å²) in [5.41, 5.74) is 1.58. The van der Waals surface area contributed by atoms with Gasteiger partial charge in [-0.05, 0) is 11.0 Å². The lowest BCUT2D eigenvalue weighted by atomic mass is 9.79. The Labute approximate surface area is 89.0 Å². The molecule has 5 heteroatoms. The molecule has 0 amide bonds. The van der Waals surface area contributed by atoms with Crippen LogP contribution < -0.4 is 10.8 Å². The van der Waals surface area contributed by atoms with Gasteiger partial charge in [-0.2, -0.15) is 0 Å². The molecule has 0 saturated carbocycles. The summed E-state index contributed by atoms with van der Waals surface area (Å²) in [5.74, 6) is 0. The number of nitrogens with one attached hydrogen (secondary N) is 1. The van der Waals surface area contributed by atoms with E-state index in [4.69, 9.17) is 14.8 Å². The van der Waals surface area contributed by atoms with Crippen LogP contribution in [0.4, 0.5) is 0 Å². The molecule has 0 aliphatic carbocycles. The molecule has 1 aliphatic rings. The molecule has 80 valence electrons. The molecule has 0 atom stereocenters. The van der Waals surface area contributed by atoms with Gasteiger partial charge in [0.15, 0.2) is 0 Å². The first-order valence-electron chi connectivity index (χ1n) is 5.02. The second kappa shape index (κ2) is 4.76. The van der Waals surface area contributed by atoms with Gasteiger partial charge < -0.3 is 20.1 Å². The Morgan fingerprint density at radius 1 is 1.40 bits per heavy atom. The second-order valence-corrected chi connectivity index (χ2v) is 3.73. The van der Waals surface area contributed by atoms with E-state index in [1.807, 2.05) is 12.1 Å². The minimum atomic E-state index is -1.39. The maximum atomic E-state index is 9.00. The fourth-order valence-electron chi connectivity index (χ4n) is 1.48. The van der Waals surface area contributed by atoms with Crippen LogP contribution in [0.15, 0.2) is 24.3 Å². The van der Waals surface area contributed by atoms with Crippen molar-refractivity contribution in [3.05, 3.63) is 29.8 Å². The largest absolute Gasteiger partial charge is 0.488 e. The van der Waals surface area contributed by atoms with Gasteiger partial charge in [-0.25, -0.2) is 0 Å². The number of hydrogen-bond acceptors (Lipinski definition) is 4. The van der Waals surface area contributed by atoms with E-state index in [1.165, 1.54) is 0 Å². The van der Waals surface area contributed by atoms with Gasteiger partial charge in [0.2, 0.25) is 0 Å². The van der Waals surface area contributed by atoms with Gasteiger partial charge in [0, 0.05) is 6.54 Å². The molecule has 1 aromatic carbocycles. The predicted molar refractivity (Wildman–Crippen MR) is 57.7 cm³/mol. The van der Waals surface area contributed by atoms with Crippen molar-refractivity contribution in [2.45, 2.75) is 12.6 Å². The van der Waals surface area contributed by atoms with Crippen molar-refractivity contribution in [2.75, 3.05) is 13.2 Å². The van der Waals surface area contributed by atoms with Crippen molar-refractivity contribution in [3.63, 3.8) is 0 Å². The van der Waals surface area contributed by atoms with E-state index in [9.17, 15) is 0 Å². The van der Waals surface area contributed by atoms with Crippen LogP contribution in [0.1, 0.15) is 5.56 Å². The molecule has 0 radical (unpaired) electrons. The minimum Gasteiger partial charge on any atom is -0.423 e. The highest BCUT2D eigenvalue weighted by molar-refractivity contribution is 6.58. The van der Waals surface area contributed by atoms with Gasteiger partial charge in [0.1, 0.15) is 0 Å². The lowest BCUT2D eigenvalue weighted by molar-refractivity contribution is -0.00578. The molecule has 1 saturated heterocycles. The summed E-state index contributed by atoms with van der Waals surface area (Å²) >= 11 is 0. The summed E-state index contributed by atoms with van der Waals surface area (Å²) in [6.07, 6.45) is 0. The molecule has 0 bridgehead atoms. The van der Waals surface area contributed by atoms with Crippen molar-refractivity contribution in [2.24, 2.45) is 0 Å². The van der Waals surface area contributed by atoms with Gasteiger partial charge in [-0.3, -0.25) is 0 Å². The molecule has 1 aromatic rings. The van der Waals surface area contributed by atoms with Crippen LogP contribution in [0.5, 0.6) is 0 Å². The molecule has 0 spiro atoms. The summed E-state index contributed by atoms with van der Waals surface area (Å²) in [4.78, 5) is 0. The Kier molecular flexibility index (Phi) is 3.38. The smallest absolute Gasteiger partial charge is 0.423 e. The molecule has 3 N–H and O–H groups in total. The van der Waals surface area contributed by atoms with E-state index in [0.29, 0.717) is 11.5 Å². The summed E-state index contributed by atoms with van der Waals surface area (Å²) in [7, 11) is -1.39. The topological polar surface area (TPSA) is 61.7 Å². The molecule has 1 fully saturated rings. The van der Waals surface area contributed by atoms with Crippen molar-refractivity contribution < 1.29 is 14.8 Å². The van der Waals surface area contributed by atoms with Crippen LogP contribution in [0, 0.1) is 0 Å². The quantitative estimate of drug-likeness (QED) is 0.546. The Hall–Kier alpha value is -0.875. The van der Waals surface area contributed by atoms with Gasteiger partial charge in [0.25, 0.3) is 0 Å². The zero-order valence-electron chi connectivity index (χ0n) is 8.39. The number of ether oxygens (including phenoxy) is 1. The van der Waals surface area contributed by atoms with Crippen molar-refractivity contribution in [1.29, 1.82) is 0 Å². The Morgan fingerprint density at radius 3 is 2.80 bits per heavy atom. The Bertz CT molecular complexity index is 328. The first-order valence-corrected chi connectivity index (χ1v) is 5.02. The fraction of sp³-hybridized carbons (Fsp3) is 0.400. The lowest BCUT2D eigenvalue weighted by Crippen LogP contribution is -2.45. The van der Waals surface area contributed by atoms with Crippen LogP contribution in [0.2, 0.25) is 0 Å². The Balaban J connectivity index is 1.92. The van der Waals surface area contributed by atoms with Gasteiger partial charge in [0.05, 0.1) is 19.3 Å². The maximum Gasteiger partial charge on any atom is 0.488 e. The maximum absolute atomic E-state index is 9.00. The molecule has 0 aromatic heterocycles. The predicted octanol–water partition coefficient (Wildman–Crippen LogP) is -1.15. The van der Waals surface area contributed by atoms with E-state index >= 15 is 0 Å². The standard InChI is InChI=1S/C10H14BNO3/c13-11(14)9-3-1-2-8(4-9)5-12-10-6-15-7-10/h1-4,10,12-14H,5-7H2. The molecule has 15 heavy (non-hydrogen) atoms. The number of benzene rings is 1. The molecule has 1 heterocycles. The van der Waals surface area contributed by atoms with Gasteiger partial charge >= 0.3 is 7.12 Å². The zero-order chi connectivity index (χ0) is 10.7. The average Bonchev–Trinajstić information content (AvgIpc) is 2.16. The monoisotopic (exact) mass is 207 g/mol. The van der Waals surface area contributed by atoms with E-state index in [0.717, 1.165) is 25.3 Å². The van der Waals surface area contributed by atoms with Crippen LogP contribution in [0.3, 0.4) is 0 Å². The molecule has 0 unspecified atom stereocenters. The Morgan fingerprint density at radius 2 is 2.20 bits per heavy atom. The highest BCUT2D eigenvalue weighted by Crippen LogP contribution is 2.02. The second-order valence-electron chi connectivity index (χ2n) is 3.73. The third-order valence-electron chi connectivity index (χ3n) is 2.48. The summed E-state index contributed by atoms with van der Waals surface area (Å²) in [6.45, 7) is 2.26. The van der Waals surface area contributed by atoms with E-state index in [1.54, 1.807) is 12.1 Å².